The first-order valence-corrected chi connectivity index (χ1v) is 10.9. The molecular weight excluding hydrogens is 390 g/mol. The molecule has 3 rings (SSSR count). The molecule has 7 heteroatoms. The fourth-order valence-corrected chi connectivity index (χ4v) is 4.34. The van der Waals surface area contributed by atoms with Gasteiger partial charge in [0.2, 0.25) is 5.13 Å². The molecule has 0 aliphatic rings. The van der Waals surface area contributed by atoms with E-state index < -0.39 is 6.10 Å². The lowest BCUT2D eigenvalue weighted by molar-refractivity contribution is 0.125. The Bertz CT molecular complexity index is 900. The van der Waals surface area contributed by atoms with E-state index in [4.69, 9.17) is 4.74 Å². The number of aliphatic hydroxyl groups excluding tert-OH is 1. The third kappa shape index (κ3) is 5.70. The lowest BCUT2D eigenvalue weighted by Crippen LogP contribution is -2.20. The summed E-state index contributed by atoms with van der Waals surface area (Å²) in [5, 5.41) is 22.7. The highest BCUT2D eigenvalue weighted by Gasteiger charge is 2.12. The van der Waals surface area contributed by atoms with Crippen molar-refractivity contribution in [2.45, 2.75) is 37.8 Å². The monoisotopic (exact) mass is 415 g/mol. The molecule has 148 valence electrons. The quantitative estimate of drug-likeness (QED) is 0.498. The third-order valence-electron chi connectivity index (χ3n) is 4.39. The van der Waals surface area contributed by atoms with Gasteiger partial charge in [-0.3, -0.25) is 0 Å². The lowest BCUT2D eigenvalue weighted by Gasteiger charge is -2.16. The SMILES string of the molecule is Cc1ccc(C)c(OC[C@@H](O)CSc2nnc(NCc3ccccc3)s2)c1C. The maximum Gasteiger partial charge on any atom is 0.206 e. The fraction of sp³-hybridized carbons (Fsp3) is 0.333. The molecule has 0 spiro atoms. The summed E-state index contributed by atoms with van der Waals surface area (Å²) >= 11 is 2.99. The summed E-state index contributed by atoms with van der Waals surface area (Å²) in [5.41, 5.74) is 4.59. The van der Waals surface area contributed by atoms with Crippen molar-refractivity contribution in [3.8, 4) is 5.75 Å². The average Bonchev–Trinajstić information content (AvgIpc) is 3.16. The maximum absolute atomic E-state index is 10.3. The van der Waals surface area contributed by atoms with Gasteiger partial charge in [-0.05, 0) is 43.0 Å². The van der Waals surface area contributed by atoms with Crippen LogP contribution >= 0.6 is 23.1 Å². The van der Waals surface area contributed by atoms with E-state index in [0.29, 0.717) is 12.3 Å². The van der Waals surface area contributed by atoms with Gasteiger partial charge in [-0.25, -0.2) is 0 Å². The first-order chi connectivity index (χ1) is 13.5. The number of hydrogen-bond donors (Lipinski definition) is 2. The predicted octanol–water partition coefficient (Wildman–Crippen LogP) is 4.61. The van der Waals surface area contributed by atoms with E-state index in [2.05, 4.69) is 40.6 Å². The van der Waals surface area contributed by atoms with Crippen LogP contribution in [0.25, 0.3) is 0 Å². The highest BCUT2D eigenvalue weighted by molar-refractivity contribution is 8.01. The maximum atomic E-state index is 10.3. The summed E-state index contributed by atoms with van der Waals surface area (Å²) in [6.07, 6.45) is -0.575. The van der Waals surface area contributed by atoms with Crippen molar-refractivity contribution in [2.75, 3.05) is 17.7 Å². The van der Waals surface area contributed by atoms with E-state index in [0.717, 1.165) is 26.3 Å². The molecule has 0 saturated carbocycles. The lowest BCUT2D eigenvalue weighted by atomic mass is 10.1. The molecule has 0 saturated heterocycles. The van der Waals surface area contributed by atoms with Gasteiger partial charge in [-0.1, -0.05) is 65.6 Å². The topological polar surface area (TPSA) is 67.3 Å². The van der Waals surface area contributed by atoms with Crippen molar-refractivity contribution in [1.29, 1.82) is 0 Å². The van der Waals surface area contributed by atoms with Crippen molar-refractivity contribution in [3.05, 3.63) is 64.7 Å². The van der Waals surface area contributed by atoms with Crippen LogP contribution in [0.2, 0.25) is 0 Å². The molecule has 0 amide bonds. The normalized spacial score (nSPS) is 12.0. The second-order valence-electron chi connectivity index (χ2n) is 6.64. The van der Waals surface area contributed by atoms with Crippen LogP contribution in [-0.4, -0.2) is 33.8 Å². The zero-order chi connectivity index (χ0) is 19.9. The zero-order valence-electron chi connectivity index (χ0n) is 16.3. The first-order valence-electron chi connectivity index (χ1n) is 9.14. The fourth-order valence-electron chi connectivity index (χ4n) is 2.66. The molecule has 5 nitrogen and oxygen atoms in total. The number of aliphatic hydroxyl groups is 1. The van der Waals surface area contributed by atoms with Gasteiger partial charge >= 0.3 is 0 Å². The minimum Gasteiger partial charge on any atom is -0.490 e. The van der Waals surface area contributed by atoms with Crippen molar-refractivity contribution in [3.63, 3.8) is 0 Å². The molecule has 0 bridgehead atoms. The van der Waals surface area contributed by atoms with Gasteiger partial charge in [0, 0.05) is 12.3 Å². The summed E-state index contributed by atoms with van der Waals surface area (Å²) < 4.78 is 6.71. The van der Waals surface area contributed by atoms with E-state index >= 15 is 0 Å². The second-order valence-corrected chi connectivity index (χ2v) is 8.89. The van der Waals surface area contributed by atoms with Gasteiger partial charge in [0.15, 0.2) is 4.34 Å². The minimum absolute atomic E-state index is 0.260. The number of aryl methyl sites for hydroxylation is 2. The van der Waals surface area contributed by atoms with Crippen LogP contribution in [0.5, 0.6) is 5.75 Å². The van der Waals surface area contributed by atoms with E-state index in [1.54, 1.807) is 0 Å². The summed E-state index contributed by atoms with van der Waals surface area (Å²) in [4.78, 5) is 0. The summed E-state index contributed by atoms with van der Waals surface area (Å²) in [6, 6.07) is 14.3. The van der Waals surface area contributed by atoms with Crippen molar-refractivity contribution in [2.24, 2.45) is 0 Å². The predicted molar refractivity (Wildman–Crippen MR) is 117 cm³/mol. The number of nitrogens with zero attached hydrogens (tertiary/aromatic N) is 2. The number of rotatable bonds is 9. The molecule has 1 aromatic heterocycles. The summed E-state index contributed by atoms with van der Waals surface area (Å²) in [5.74, 6) is 1.38. The van der Waals surface area contributed by atoms with Crippen molar-refractivity contribution in [1.82, 2.24) is 10.2 Å². The Morgan fingerprint density at radius 3 is 2.61 bits per heavy atom. The Hall–Kier alpha value is -2.09. The Labute approximate surface area is 174 Å². The Morgan fingerprint density at radius 1 is 1.07 bits per heavy atom. The molecule has 0 aliphatic heterocycles. The molecule has 1 atom stereocenters. The Morgan fingerprint density at radius 2 is 1.82 bits per heavy atom. The van der Waals surface area contributed by atoms with Crippen LogP contribution in [0, 0.1) is 20.8 Å². The van der Waals surface area contributed by atoms with Gasteiger partial charge < -0.3 is 15.2 Å². The number of anilines is 1. The molecule has 2 aromatic carbocycles. The Balaban J connectivity index is 1.44. The first kappa shape index (κ1) is 20.6. The standard InChI is InChI=1S/C21H25N3O2S2/c1-14-9-10-15(2)19(16(14)3)26-12-18(25)13-27-21-24-23-20(28-21)22-11-17-7-5-4-6-8-17/h4-10,18,25H,11-13H2,1-3H3,(H,22,23)/t18-/m1/s1. The van der Waals surface area contributed by atoms with E-state index in [1.807, 2.05) is 38.1 Å². The molecule has 0 radical (unpaired) electrons. The highest BCUT2D eigenvalue weighted by atomic mass is 32.2. The highest BCUT2D eigenvalue weighted by Crippen LogP contribution is 2.28. The smallest absolute Gasteiger partial charge is 0.206 e. The second kappa shape index (κ2) is 9.91. The molecular formula is C21H25N3O2S2. The van der Waals surface area contributed by atoms with Crippen LogP contribution < -0.4 is 10.1 Å². The minimum atomic E-state index is -0.575. The number of benzene rings is 2. The van der Waals surface area contributed by atoms with Crippen LogP contribution in [0.15, 0.2) is 46.8 Å². The third-order valence-corrected chi connectivity index (χ3v) is 6.55. The zero-order valence-corrected chi connectivity index (χ0v) is 17.9. The Kier molecular flexibility index (Phi) is 7.30. The summed E-state index contributed by atoms with van der Waals surface area (Å²) in [7, 11) is 0. The van der Waals surface area contributed by atoms with Crippen LogP contribution in [0.4, 0.5) is 5.13 Å². The number of ether oxygens (including phenoxy) is 1. The van der Waals surface area contributed by atoms with Gasteiger partial charge in [-0.15, -0.1) is 10.2 Å². The van der Waals surface area contributed by atoms with E-state index in [1.165, 1.54) is 34.2 Å². The van der Waals surface area contributed by atoms with Crippen LogP contribution in [-0.2, 0) is 6.54 Å². The van der Waals surface area contributed by atoms with E-state index in [-0.39, 0.29) is 6.61 Å². The molecule has 0 fully saturated rings. The van der Waals surface area contributed by atoms with E-state index in [9.17, 15) is 5.11 Å². The molecule has 0 aliphatic carbocycles. The van der Waals surface area contributed by atoms with Crippen molar-refractivity contribution >= 4 is 28.2 Å². The molecule has 0 unspecified atom stereocenters. The largest absolute Gasteiger partial charge is 0.490 e. The molecule has 3 aromatic rings. The molecule has 1 heterocycles. The van der Waals surface area contributed by atoms with Crippen LogP contribution in [0.1, 0.15) is 22.3 Å². The average molecular weight is 416 g/mol. The number of thioether (sulfide) groups is 1. The molecule has 2 N–H and O–H groups in total. The number of nitrogens with one attached hydrogen (secondary N) is 1. The molecule has 28 heavy (non-hydrogen) atoms. The van der Waals surface area contributed by atoms with Gasteiger partial charge in [0.25, 0.3) is 0 Å². The number of hydrogen-bond acceptors (Lipinski definition) is 7. The summed E-state index contributed by atoms with van der Waals surface area (Å²) in [6.45, 7) is 7.10. The number of aromatic nitrogens is 2. The van der Waals surface area contributed by atoms with Crippen molar-refractivity contribution < 1.29 is 9.84 Å². The van der Waals surface area contributed by atoms with Gasteiger partial charge in [0.05, 0.1) is 6.10 Å². The van der Waals surface area contributed by atoms with Gasteiger partial charge in [0.1, 0.15) is 12.4 Å². The van der Waals surface area contributed by atoms with Crippen LogP contribution in [0.3, 0.4) is 0 Å². The van der Waals surface area contributed by atoms with Gasteiger partial charge in [-0.2, -0.15) is 0 Å².